The topological polar surface area (TPSA) is 27.7 Å². The molecule has 3 aliphatic carbocycles. The summed E-state index contributed by atoms with van der Waals surface area (Å²) in [7, 11) is -4.29. The summed E-state index contributed by atoms with van der Waals surface area (Å²) in [6.45, 7) is 0. The van der Waals surface area contributed by atoms with Gasteiger partial charge >= 0.3 is 17.8 Å². The van der Waals surface area contributed by atoms with Crippen molar-refractivity contribution in [3.8, 4) is 0 Å². The summed E-state index contributed by atoms with van der Waals surface area (Å²) in [5, 5.41) is 0. The van der Waals surface area contributed by atoms with Gasteiger partial charge in [0, 0.05) is 11.1 Å². The molecule has 0 N–H and O–H groups in total. The molecule has 0 spiro atoms. The molecular formula is C18H36O3Si3. The molecule has 6 heteroatoms. The van der Waals surface area contributed by atoms with Gasteiger partial charge in [-0.05, 0) is 44.1 Å². The Morgan fingerprint density at radius 1 is 0.667 bits per heavy atom. The molecule has 138 valence electrons. The van der Waals surface area contributed by atoms with Gasteiger partial charge in [0.25, 0.3) is 10.0 Å². The second-order valence-electron chi connectivity index (χ2n) is 8.70. The zero-order valence-corrected chi connectivity index (χ0v) is 18.9. The van der Waals surface area contributed by atoms with Gasteiger partial charge < -0.3 is 12.3 Å². The molecule has 3 saturated carbocycles. The minimum absolute atomic E-state index is 0.780. The van der Waals surface area contributed by atoms with Crippen LogP contribution in [0.15, 0.2) is 0 Å². The van der Waals surface area contributed by atoms with Crippen molar-refractivity contribution in [3.05, 3.63) is 0 Å². The lowest BCUT2D eigenvalue weighted by atomic mass is 9.99. The molecule has 1 saturated heterocycles. The molecule has 1 heterocycles. The first-order valence-corrected chi connectivity index (χ1v) is 15.6. The smallest absolute Gasteiger partial charge is 0.326 e. The highest BCUT2D eigenvalue weighted by Gasteiger charge is 2.56. The minimum atomic E-state index is -2.03. The predicted octanol–water partition coefficient (Wildman–Crippen LogP) is 4.71. The maximum atomic E-state index is 7.16. The van der Waals surface area contributed by atoms with E-state index in [0.29, 0.717) is 0 Å². The fraction of sp³-hybridized carbons (Fsp3) is 1.00. The van der Waals surface area contributed by atoms with Crippen molar-refractivity contribution < 1.29 is 12.3 Å². The lowest BCUT2D eigenvalue weighted by Gasteiger charge is -2.51. The van der Waals surface area contributed by atoms with E-state index in [4.69, 9.17) is 12.3 Å². The average Bonchev–Trinajstić information content (AvgIpc) is 2.70. The SMILES string of the molecule is C1CCC([SiH]2O[SiH2]O[Si](C3CCCCC3)(C3CCCCC3)O2)CC1. The number of hydrogen-bond acceptors (Lipinski definition) is 3. The molecule has 0 amide bonds. The van der Waals surface area contributed by atoms with Crippen LogP contribution in [0.4, 0.5) is 0 Å². The van der Waals surface area contributed by atoms with Crippen molar-refractivity contribution >= 4 is 27.9 Å². The molecule has 4 rings (SSSR count). The average molecular weight is 385 g/mol. The summed E-state index contributed by atoms with van der Waals surface area (Å²) < 4.78 is 20.2. The van der Waals surface area contributed by atoms with E-state index in [9.17, 15) is 0 Å². The van der Waals surface area contributed by atoms with Gasteiger partial charge in [-0.15, -0.1) is 0 Å². The van der Waals surface area contributed by atoms with Crippen molar-refractivity contribution in [2.45, 2.75) is 113 Å². The standard InChI is InChI=1S/C18H36O3Si3/c1-4-10-16(11-5-1)23-19-22-20-24(21-23,17-12-6-2-7-13-17)18-14-8-3-9-15-18/h16-18,23H,1-15,22H2. The maximum absolute atomic E-state index is 7.16. The molecule has 3 nitrogen and oxygen atoms in total. The predicted molar refractivity (Wildman–Crippen MR) is 105 cm³/mol. The quantitative estimate of drug-likeness (QED) is 0.659. The van der Waals surface area contributed by atoms with Gasteiger partial charge in [0.05, 0.1) is 0 Å². The van der Waals surface area contributed by atoms with Crippen LogP contribution in [0.2, 0.25) is 16.6 Å². The van der Waals surface area contributed by atoms with Crippen LogP contribution < -0.4 is 0 Å². The van der Waals surface area contributed by atoms with E-state index < -0.39 is 27.9 Å². The summed E-state index contributed by atoms with van der Waals surface area (Å²) in [4.78, 5) is 0. The summed E-state index contributed by atoms with van der Waals surface area (Å²) >= 11 is 0. The molecular weight excluding hydrogens is 348 g/mol. The van der Waals surface area contributed by atoms with E-state index >= 15 is 0 Å². The van der Waals surface area contributed by atoms with Crippen molar-refractivity contribution in [1.82, 2.24) is 0 Å². The van der Waals surface area contributed by atoms with Gasteiger partial charge in [-0.1, -0.05) is 57.8 Å². The van der Waals surface area contributed by atoms with E-state index in [0.717, 1.165) is 16.6 Å². The third kappa shape index (κ3) is 3.78. The summed E-state index contributed by atoms with van der Waals surface area (Å²) in [5.74, 6) is 0. The van der Waals surface area contributed by atoms with E-state index in [-0.39, 0.29) is 0 Å². The van der Waals surface area contributed by atoms with E-state index in [1.54, 1.807) is 0 Å². The molecule has 0 aromatic carbocycles. The molecule has 0 radical (unpaired) electrons. The lowest BCUT2D eigenvalue weighted by molar-refractivity contribution is 0.215. The van der Waals surface area contributed by atoms with Gasteiger partial charge in [0.2, 0.25) is 0 Å². The first-order valence-electron chi connectivity index (χ1n) is 10.8. The van der Waals surface area contributed by atoms with Crippen LogP contribution in [-0.2, 0) is 12.3 Å². The van der Waals surface area contributed by atoms with Crippen LogP contribution in [0.5, 0.6) is 0 Å². The van der Waals surface area contributed by atoms with E-state index in [1.807, 2.05) is 0 Å². The van der Waals surface area contributed by atoms with Crippen molar-refractivity contribution in [1.29, 1.82) is 0 Å². The third-order valence-corrected chi connectivity index (χ3v) is 18.6. The Morgan fingerprint density at radius 3 is 1.71 bits per heavy atom. The Bertz CT molecular complexity index is 373. The monoisotopic (exact) mass is 384 g/mol. The van der Waals surface area contributed by atoms with Gasteiger partial charge in [-0.25, -0.2) is 0 Å². The molecule has 4 aliphatic rings. The first-order chi connectivity index (χ1) is 11.9. The highest BCUT2D eigenvalue weighted by Crippen LogP contribution is 2.51. The van der Waals surface area contributed by atoms with Gasteiger partial charge in [-0.2, -0.15) is 0 Å². The van der Waals surface area contributed by atoms with Crippen molar-refractivity contribution in [2.75, 3.05) is 0 Å². The van der Waals surface area contributed by atoms with Gasteiger partial charge in [0.1, 0.15) is 0 Å². The zero-order valence-electron chi connectivity index (χ0n) is 15.3. The molecule has 1 unspecified atom stereocenters. The fourth-order valence-electron chi connectivity index (χ4n) is 5.85. The molecule has 0 aromatic heterocycles. The normalized spacial score (nSPS) is 35.2. The van der Waals surface area contributed by atoms with E-state index in [2.05, 4.69) is 0 Å². The molecule has 0 aromatic rings. The molecule has 1 aliphatic heterocycles. The molecule has 4 fully saturated rings. The second kappa shape index (κ2) is 8.48. The van der Waals surface area contributed by atoms with E-state index in [1.165, 1.54) is 96.3 Å². The molecule has 0 bridgehead atoms. The molecule has 24 heavy (non-hydrogen) atoms. The summed E-state index contributed by atoms with van der Waals surface area (Å²) in [5.41, 5.74) is 2.39. The Kier molecular flexibility index (Phi) is 6.33. The number of hydrogen-bond donors (Lipinski definition) is 0. The van der Waals surface area contributed by atoms with Crippen LogP contribution in [0.1, 0.15) is 96.3 Å². The van der Waals surface area contributed by atoms with Gasteiger partial charge in [0.15, 0.2) is 0 Å². The molecule has 1 atom stereocenters. The first kappa shape index (κ1) is 17.9. The maximum Gasteiger partial charge on any atom is 0.326 e. The van der Waals surface area contributed by atoms with Crippen LogP contribution in [-0.4, -0.2) is 27.9 Å². The fourth-order valence-corrected chi connectivity index (χ4v) is 20.6. The Balaban J connectivity index is 1.53. The van der Waals surface area contributed by atoms with Crippen LogP contribution >= 0.6 is 0 Å². The highest BCUT2D eigenvalue weighted by molar-refractivity contribution is 6.82. The Morgan fingerprint density at radius 2 is 1.17 bits per heavy atom. The van der Waals surface area contributed by atoms with Crippen LogP contribution in [0.3, 0.4) is 0 Å². The van der Waals surface area contributed by atoms with Crippen molar-refractivity contribution in [3.63, 3.8) is 0 Å². The van der Waals surface area contributed by atoms with Gasteiger partial charge in [-0.3, -0.25) is 0 Å². The minimum Gasteiger partial charge on any atom is -0.422 e. The van der Waals surface area contributed by atoms with Crippen LogP contribution in [0.25, 0.3) is 0 Å². The largest absolute Gasteiger partial charge is 0.422 e. The van der Waals surface area contributed by atoms with Crippen molar-refractivity contribution in [2.24, 2.45) is 0 Å². The summed E-state index contributed by atoms with van der Waals surface area (Å²) in [6.07, 6.45) is 21.1. The lowest BCUT2D eigenvalue weighted by Crippen LogP contribution is -2.61. The summed E-state index contributed by atoms with van der Waals surface area (Å²) in [6, 6.07) is 0. The zero-order chi connectivity index (χ0) is 16.2. The Hall–Kier alpha value is 0.531. The number of rotatable bonds is 3. The second-order valence-corrected chi connectivity index (χ2v) is 17.1. The Labute approximate surface area is 153 Å². The third-order valence-electron chi connectivity index (χ3n) is 7.20. The highest BCUT2D eigenvalue weighted by atomic mass is 28.5. The van der Waals surface area contributed by atoms with Crippen LogP contribution in [0, 0.1) is 0 Å².